The molecular formula is C19H28O2. The Balaban J connectivity index is 1.80. The molecule has 3 fully saturated rings. The van der Waals surface area contributed by atoms with Crippen LogP contribution in [0.1, 0.15) is 65.7 Å². The predicted octanol–water partition coefficient (Wildman–Crippen LogP) is 3.88. The van der Waals surface area contributed by atoms with Crippen LogP contribution in [0.2, 0.25) is 0 Å². The van der Waals surface area contributed by atoms with E-state index in [2.05, 4.69) is 13.8 Å². The Labute approximate surface area is 128 Å². The van der Waals surface area contributed by atoms with E-state index >= 15 is 0 Å². The van der Waals surface area contributed by atoms with E-state index in [0.29, 0.717) is 23.0 Å². The maximum Gasteiger partial charge on any atom is 0.156 e. The average Bonchev–Trinajstić information content (AvgIpc) is 2.72. The zero-order chi connectivity index (χ0) is 15.0. The van der Waals surface area contributed by atoms with Gasteiger partial charge in [-0.3, -0.25) is 4.79 Å². The number of aliphatic hydroxyl groups is 1. The van der Waals surface area contributed by atoms with Gasteiger partial charge in [0, 0.05) is 6.42 Å². The van der Waals surface area contributed by atoms with Crippen LogP contribution >= 0.6 is 0 Å². The first-order chi connectivity index (χ1) is 9.78. The summed E-state index contributed by atoms with van der Waals surface area (Å²) in [5.41, 5.74) is 1.30. The Hall–Kier alpha value is -0.630. The van der Waals surface area contributed by atoms with Crippen LogP contribution < -0.4 is 0 Å². The highest BCUT2D eigenvalue weighted by atomic mass is 16.3. The third kappa shape index (κ3) is 1.60. The van der Waals surface area contributed by atoms with Gasteiger partial charge in [0.15, 0.2) is 5.78 Å². The third-order valence-electron chi connectivity index (χ3n) is 8.11. The molecule has 4 aliphatic carbocycles. The summed E-state index contributed by atoms with van der Waals surface area (Å²) in [6, 6.07) is 0. The minimum atomic E-state index is -0.474. The van der Waals surface area contributed by atoms with Crippen LogP contribution in [0, 0.1) is 28.6 Å². The molecule has 0 saturated heterocycles. The molecule has 0 radical (unpaired) electrons. The molecule has 21 heavy (non-hydrogen) atoms. The highest BCUT2D eigenvalue weighted by Crippen LogP contribution is 2.73. The molecule has 0 aliphatic heterocycles. The Morgan fingerprint density at radius 2 is 1.95 bits per heavy atom. The lowest BCUT2D eigenvalue weighted by Gasteiger charge is -2.61. The molecular weight excluding hydrogens is 260 g/mol. The van der Waals surface area contributed by atoms with E-state index in [1.54, 1.807) is 0 Å². The topological polar surface area (TPSA) is 37.3 Å². The molecule has 1 unspecified atom stereocenters. The van der Waals surface area contributed by atoms with Gasteiger partial charge in [0.2, 0.25) is 0 Å². The lowest BCUT2D eigenvalue weighted by atomic mass is 9.43. The van der Waals surface area contributed by atoms with E-state index in [-0.39, 0.29) is 5.41 Å². The normalized spacial score (nSPS) is 55.7. The van der Waals surface area contributed by atoms with Gasteiger partial charge in [0.25, 0.3) is 0 Å². The molecule has 2 bridgehead atoms. The largest absolute Gasteiger partial charge is 0.390 e. The first-order valence-corrected chi connectivity index (χ1v) is 8.72. The molecule has 4 rings (SSSR count). The zero-order valence-corrected chi connectivity index (χ0v) is 13.6. The van der Waals surface area contributed by atoms with Crippen LogP contribution in [-0.2, 0) is 4.79 Å². The van der Waals surface area contributed by atoms with Gasteiger partial charge in [-0.1, -0.05) is 12.5 Å². The first-order valence-electron chi connectivity index (χ1n) is 8.72. The minimum absolute atomic E-state index is 0.136. The van der Waals surface area contributed by atoms with Crippen LogP contribution in [0.15, 0.2) is 11.6 Å². The number of hydrogen-bond acceptors (Lipinski definition) is 2. The average molecular weight is 288 g/mol. The van der Waals surface area contributed by atoms with Crippen LogP contribution in [0.4, 0.5) is 0 Å². The van der Waals surface area contributed by atoms with E-state index in [1.807, 2.05) is 13.0 Å². The van der Waals surface area contributed by atoms with E-state index in [9.17, 15) is 9.90 Å². The quantitative estimate of drug-likeness (QED) is 0.734. The Morgan fingerprint density at radius 1 is 1.19 bits per heavy atom. The molecule has 4 aliphatic rings. The molecule has 2 nitrogen and oxygen atoms in total. The lowest BCUT2D eigenvalue weighted by molar-refractivity contribution is -0.140. The summed E-state index contributed by atoms with van der Waals surface area (Å²) in [5, 5.41) is 10.7. The Kier molecular flexibility index (Phi) is 2.67. The third-order valence-corrected chi connectivity index (χ3v) is 8.11. The second-order valence-electron chi connectivity index (χ2n) is 8.93. The maximum absolute atomic E-state index is 12.3. The van der Waals surface area contributed by atoms with Crippen LogP contribution in [-0.4, -0.2) is 16.5 Å². The van der Waals surface area contributed by atoms with Gasteiger partial charge < -0.3 is 5.11 Å². The van der Waals surface area contributed by atoms with Gasteiger partial charge in [0.05, 0.1) is 5.60 Å². The van der Waals surface area contributed by atoms with Crippen molar-refractivity contribution < 1.29 is 9.90 Å². The van der Waals surface area contributed by atoms with Crippen molar-refractivity contribution in [3.63, 3.8) is 0 Å². The van der Waals surface area contributed by atoms with E-state index < -0.39 is 5.60 Å². The standard InChI is InChI=1S/C19H28O2/c1-12-8-15(20)11-17(2)16(12)5-4-13-9-14-10-19(13,17)7-6-18(14,3)21/h8,13-14,16,21H,4-7,9-11H2,1-3H3/t13-,14?,16-,17-,18-,19+/m0/s1. The van der Waals surface area contributed by atoms with Gasteiger partial charge in [0.1, 0.15) is 0 Å². The number of carbonyl (C=O) groups excluding carboxylic acids is 1. The lowest BCUT2D eigenvalue weighted by Crippen LogP contribution is -2.55. The van der Waals surface area contributed by atoms with Crippen molar-refractivity contribution in [3.8, 4) is 0 Å². The Morgan fingerprint density at radius 3 is 2.71 bits per heavy atom. The minimum Gasteiger partial charge on any atom is -0.390 e. The molecule has 116 valence electrons. The van der Waals surface area contributed by atoms with E-state index in [4.69, 9.17) is 0 Å². The predicted molar refractivity (Wildman–Crippen MR) is 82.7 cm³/mol. The number of carbonyl (C=O) groups is 1. The monoisotopic (exact) mass is 288 g/mol. The summed E-state index contributed by atoms with van der Waals surface area (Å²) in [6.07, 6.45) is 9.57. The molecule has 1 N–H and O–H groups in total. The highest BCUT2D eigenvalue weighted by molar-refractivity contribution is 5.92. The highest BCUT2D eigenvalue weighted by Gasteiger charge is 2.67. The van der Waals surface area contributed by atoms with Gasteiger partial charge >= 0.3 is 0 Å². The molecule has 1 spiro atoms. The van der Waals surface area contributed by atoms with Crippen molar-refractivity contribution in [2.45, 2.75) is 71.3 Å². The molecule has 0 aromatic rings. The first kappa shape index (κ1) is 14.0. The fourth-order valence-electron chi connectivity index (χ4n) is 6.93. The number of fused-ring (bicyclic) bond motifs is 2. The van der Waals surface area contributed by atoms with Crippen LogP contribution in [0.5, 0.6) is 0 Å². The van der Waals surface area contributed by atoms with Crippen LogP contribution in [0.25, 0.3) is 0 Å². The summed E-state index contributed by atoms with van der Waals surface area (Å²) >= 11 is 0. The zero-order valence-electron chi connectivity index (χ0n) is 13.6. The smallest absolute Gasteiger partial charge is 0.156 e. The summed E-state index contributed by atoms with van der Waals surface area (Å²) in [7, 11) is 0. The summed E-state index contributed by atoms with van der Waals surface area (Å²) in [6.45, 7) is 6.61. The Bertz CT molecular complexity index is 532. The molecule has 2 heteroatoms. The fraction of sp³-hybridized carbons (Fsp3) is 0.842. The number of hydrogen-bond donors (Lipinski definition) is 1. The number of ketones is 1. The van der Waals surface area contributed by atoms with Crippen molar-refractivity contribution in [2.75, 3.05) is 0 Å². The van der Waals surface area contributed by atoms with Crippen molar-refractivity contribution in [1.29, 1.82) is 0 Å². The molecule has 0 aromatic carbocycles. The number of allylic oxidation sites excluding steroid dienone is 2. The van der Waals surface area contributed by atoms with Crippen molar-refractivity contribution in [3.05, 3.63) is 11.6 Å². The molecule has 6 atom stereocenters. The van der Waals surface area contributed by atoms with Gasteiger partial charge in [-0.15, -0.1) is 0 Å². The van der Waals surface area contributed by atoms with Gasteiger partial charge in [-0.25, -0.2) is 0 Å². The van der Waals surface area contributed by atoms with Gasteiger partial charge in [-0.2, -0.15) is 0 Å². The SMILES string of the molecule is CC1=CC(=O)C[C@@]2(C)[C@H]1CC[C@H]1CC3C[C@]12CC[C@]3(C)O. The summed E-state index contributed by atoms with van der Waals surface area (Å²) < 4.78 is 0. The van der Waals surface area contributed by atoms with E-state index in [1.165, 1.54) is 24.8 Å². The number of rotatable bonds is 0. The van der Waals surface area contributed by atoms with Gasteiger partial charge in [-0.05, 0) is 87.0 Å². The van der Waals surface area contributed by atoms with Crippen molar-refractivity contribution >= 4 is 5.78 Å². The molecule has 3 saturated carbocycles. The fourth-order valence-corrected chi connectivity index (χ4v) is 6.93. The summed E-state index contributed by atoms with van der Waals surface area (Å²) in [5.74, 6) is 2.11. The summed E-state index contributed by atoms with van der Waals surface area (Å²) in [4.78, 5) is 12.3. The second kappa shape index (κ2) is 4.01. The molecule has 0 aromatic heterocycles. The van der Waals surface area contributed by atoms with Crippen LogP contribution in [0.3, 0.4) is 0 Å². The van der Waals surface area contributed by atoms with Crippen molar-refractivity contribution in [1.82, 2.24) is 0 Å². The maximum atomic E-state index is 12.3. The van der Waals surface area contributed by atoms with E-state index in [0.717, 1.165) is 31.6 Å². The van der Waals surface area contributed by atoms with Crippen molar-refractivity contribution in [2.24, 2.45) is 28.6 Å². The molecule has 0 amide bonds. The second-order valence-corrected chi connectivity index (χ2v) is 8.93. The molecule has 0 heterocycles.